The number of hydrogen-bond acceptors (Lipinski definition) is 7. The van der Waals surface area contributed by atoms with E-state index in [-0.39, 0.29) is 23.7 Å². The normalized spacial score (nSPS) is 22.0. The number of amides is 1. The van der Waals surface area contributed by atoms with Crippen LogP contribution >= 0.6 is 0 Å². The first-order chi connectivity index (χ1) is 16.4. The van der Waals surface area contributed by atoms with Crippen molar-refractivity contribution in [1.82, 2.24) is 25.1 Å². The first-order valence-corrected chi connectivity index (χ1v) is 12.7. The Hall–Kier alpha value is -2.97. The van der Waals surface area contributed by atoms with Crippen LogP contribution in [0.4, 0.5) is 17.6 Å². The Bertz CT molecular complexity index is 1080. The van der Waals surface area contributed by atoms with E-state index in [1.807, 2.05) is 11.0 Å². The van der Waals surface area contributed by atoms with E-state index in [1.165, 1.54) is 0 Å². The van der Waals surface area contributed by atoms with Crippen molar-refractivity contribution in [2.75, 3.05) is 29.9 Å². The summed E-state index contributed by atoms with van der Waals surface area (Å²) in [6.45, 7) is 8.11. The third-order valence-corrected chi connectivity index (χ3v) is 7.49. The molecule has 2 atom stereocenters. The second-order valence-electron chi connectivity index (χ2n) is 10.3. The number of aryl methyl sites for hydroxylation is 1. The van der Waals surface area contributed by atoms with Crippen molar-refractivity contribution >= 4 is 29.3 Å². The molecule has 2 unspecified atom stereocenters. The maximum atomic E-state index is 13.3. The zero-order valence-electron chi connectivity index (χ0n) is 20.4. The summed E-state index contributed by atoms with van der Waals surface area (Å²) in [6, 6.07) is 1.85. The lowest BCUT2D eigenvalue weighted by Crippen LogP contribution is -2.38. The SMILES string of the molecule is CC(=O)N1CCC(CC(=O)C2CCCN2c2nc3c(c(Nc4cc(C(C)C)[nH]n4)n2)CCC3)C1. The Labute approximate surface area is 200 Å². The van der Waals surface area contributed by atoms with E-state index < -0.39 is 0 Å². The van der Waals surface area contributed by atoms with Crippen LogP contribution in [0.1, 0.15) is 75.7 Å². The number of rotatable bonds is 7. The van der Waals surface area contributed by atoms with Crippen molar-refractivity contribution in [1.29, 1.82) is 0 Å². The van der Waals surface area contributed by atoms with Crippen LogP contribution in [0.2, 0.25) is 0 Å². The molecule has 0 radical (unpaired) electrons. The molecule has 9 nitrogen and oxygen atoms in total. The van der Waals surface area contributed by atoms with Crippen molar-refractivity contribution in [3.63, 3.8) is 0 Å². The van der Waals surface area contributed by atoms with E-state index in [9.17, 15) is 9.59 Å². The number of Topliss-reactive ketones (excluding diaryl/α,β-unsaturated/α-hetero) is 1. The Morgan fingerprint density at radius 3 is 2.76 bits per heavy atom. The number of likely N-dealkylation sites (tertiary alicyclic amines) is 1. The van der Waals surface area contributed by atoms with Gasteiger partial charge in [0.05, 0.1) is 11.7 Å². The number of nitrogens with one attached hydrogen (secondary N) is 2. The number of carbonyl (C=O) groups excluding carboxylic acids is 2. The van der Waals surface area contributed by atoms with E-state index in [0.717, 1.165) is 80.2 Å². The molecule has 34 heavy (non-hydrogen) atoms. The first kappa shape index (κ1) is 22.8. The number of H-pyrrole nitrogens is 1. The van der Waals surface area contributed by atoms with E-state index in [4.69, 9.17) is 9.97 Å². The van der Waals surface area contributed by atoms with Gasteiger partial charge >= 0.3 is 0 Å². The summed E-state index contributed by atoms with van der Waals surface area (Å²) in [5.74, 6) is 3.19. The molecule has 2 saturated heterocycles. The van der Waals surface area contributed by atoms with Gasteiger partial charge in [0.25, 0.3) is 0 Å². The topological polar surface area (TPSA) is 107 Å². The quantitative estimate of drug-likeness (QED) is 0.646. The summed E-state index contributed by atoms with van der Waals surface area (Å²) in [4.78, 5) is 38.8. The molecule has 182 valence electrons. The molecular formula is C25H35N7O2. The zero-order valence-corrected chi connectivity index (χ0v) is 20.4. The molecule has 0 saturated carbocycles. The van der Waals surface area contributed by atoms with E-state index >= 15 is 0 Å². The summed E-state index contributed by atoms with van der Waals surface area (Å²) in [5.41, 5.74) is 3.32. The van der Waals surface area contributed by atoms with Crippen LogP contribution in [0.25, 0.3) is 0 Å². The lowest BCUT2D eigenvalue weighted by molar-refractivity contribution is -0.128. The summed E-state index contributed by atoms with van der Waals surface area (Å²) in [6.07, 6.45) is 6.18. The number of anilines is 3. The van der Waals surface area contributed by atoms with Crippen molar-refractivity contribution in [2.24, 2.45) is 5.92 Å². The molecule has 2 aromatic rings. The van der Waals surface area contributed by atoms with Gasteiger partial charge in [0.2, 0.25) is 11.9 Å². The van der Waals surface area contributed by atoms with Gasteiger partial charge in [0.1, 0.15) is 5.82 Å². The average molecular weight is 466 g/mol. The van der Waals surface area contributed by atoms with Gasteiger partial charge in [-0.15, -0.1) is 0 Å². The Balaban J connectivity index is 1.34. The van der Waals surface area contributed by atoms with Crippen molar-refractivity contribution in [2.45, 2.75) is 77.7 Å². The first-order valence-electron chi connectivity index (χ1n) is 12.7. The van der Waals surface area contributed by atoms with Crippen LogP contribution in [0.3, 0.4) is 0 Å². The van der Waals surface area contributed by atoms with Crippen LogP contribution in [0.15, 0.2) is 6.07 Å². The molecule has 1 aliphatic carbocycles. The predicted molar refractivity (Wildman–Crippen MR) is 130 cm³/mol. The number of ketones is 1. The number of fused-ring (bicyclic) bond motifs is 1. The summed E-state index contributed by atoms with van der Waals surface area (Å²) < 4.78 is 0. The molecule has 1 amide bonds. The number of hydrogen-bond donors (Lipinski definition) is 2. The molecule has 2 aromatic heterocycles. The lowest BCUT2D eigenvalue weighted by atomic mass is 9.97. The molecule has 2 N–H and O–H groups in total. The molecule has 9 heteroatoms. The van der Waals surface area contributed by atoms with Crippen LogP contribution in [-0.2, 0) is 22.4 Å². The maximum absolute atomic E-state index is 13.3. The smallest absolute Gasteiger partial charge is 0.228 e. The summed E-state index contributed by atoms with van der Waals surface area (Å²) >= 11 is 0. The molecule has 3 aliphatic rings. The zero-order chi connectivity index (χ0) is 23.8. The van der Waals surface area contributed by atoms with E-state index in [2.05, 4.69) is 34.3 Å². The number of carbonyl (C=O) groups is 2. The van der Waals surface area contributed by atoms with Crippen LogP contribution < -0.4 is 10.2 Å². The fourth-order valence-corrected chi connectivity index (χ4v) is 5.52. The molecule has 4 heterocycles. The summed E-state index contributed by atoms with van der Waals surface area (Å²) in [5, 5.41) is 10.9. The monoisotopic (exact) mass is 465 g/mol. The van der Waals surface area contributed by atoms with Crippen LogP contribution in [0, 0.1) is 5.92 Å². The van der Waals surface area contributed by atoms with Gasteiger partial charge in [-0.2, -0.15) is 10.1 Å². The second-order valence-corrected chi connectivity index (χ2v) is 10.3. The third-order valence-electron chi connectivity index (χ3n) is 7.49. The molecule has 2 aliphatic heterocycles. The molecule has 0 bridgehead atoms. The maximum Gasteiger partial charge on any atom is 0.228 e. The highest BCUT2D eigenvalue weighted by Gasteiger charge is 2.36. The van der Waals surface area contributed by atoms with Gasteiger partial charge in [-0.1, -0.05) is 13.8 Å². The fourth-order valence-electron chi connectivity index (χ4n) is 5.52. The highest BCUT2D eigenvalue weighted by molar-refractivity contribution is 5.87. The standard InChI is InChI=1S/C25H35N7O2/c1-15(2)20-13-23(30-29-20)27-24-18-6-4-7-19(18)26-25(28-24)32-10-5-8-21(32)22(34)12-17-9-11-31(14-17)16(3)33/h13,15,17,21H,4-12,14H2,1-3H3,(H2,26,27,28,29,30). The molecule has 2 fully saturated rings. The minimum absolute atomic E-state index is 0.0986. The van der Waals surface area contributed by atoms with Gasteiger partial charge in [-0.05, 0) is 50.4 Å². The van der Waals surface area contributed by atoms with Gasteiger partial charge in [-0.3, -0.25) is 14.7 Å². The van der Waals surface area contributed by atoms with Gasteiger partial charge in [-0.25, -0.2) is 4.98 Å². The summed E-state index contributed by atoms with van der Waals surface area (Å²) in [7, 11) is 0. The Morgan fingerprint density at radius 2 is 2.03 bits per heavy atom. The number of aromatic amines is 1. The van der Waals surface area contributed by atoms with Crippen molar-refractivity contribution < 1.29 is 9.59 Å². The Morgan fingerprint density at radius 1 is 1.18 bits per heavy atom. The highest BCUT2D eigenvalue weighted by Crippen LogP contribution is 2.33. The Kier molecular flexibility index (Phi) is 6.27. The molecule has 0 spiro atoms. The van der Waals surface area contributed by atoms with E-state index in [1.54, 1.807) is 6.92 Å². The minimum atomic E-state index is -0.184. The van der Waals surface area contributed by atoms with Crippen LogP contribution in [-0.4, -0.2) is 62.4 Å². The fraction of sp³-hybridized carbons (Fsp3) is 0.640. The van der Waals surface area contributed by atoms with Crippen molar-refractivity contribution in [3.8, 4) is 0 Å². The average Bonchev–Trinajstić information content (AvgIpc) is 3.59. The van der Waals surface area contributed by atoms with E-state index in [0.29, 0.717) is 24.8 Å². The highest BCUT2D eigenvalue weighted by atomic mass is 16.2. The van der Waals surface area contributed by atoms with Gasteiger partial charge < -0.3 is 15.1 Å². The van der Waals surface area contributed by atoms with Crippen molar-refractivity contribution in [3.05, 3.63) is 23.0 Å². The number of aromatic nitrogens is 4. The number of nitrogens with zero attached hydrogens (tertiary/aromatic N) is 5. The van der Waals surface area contributed by atoms with Crippen LogP contribution in [0.5, 0.6) is 0 Å². The largest absolute Gasteiger partial charge is 0.343 e. The second kappa shape index (κ2) is 9.35. The predicted octanol–water partition coefficient (Wildman–Crippen LogP) is 3.35. The third kappa shape index (κ3) is 4.52. The van der Waals surface area contributed by atoms with Gasteiger partial charge in [0.15, 0.2) is 11.6 Å². The lowest BCUT2D eigenvalue weighted by Gasteiger charge is -2.26. The molecule has 5 rings (SSSR count). The molecular weight excluding hydrogens is 430 g/mol. The minimum Gasteiger partial charge on any atom is -0.343 e. The molecule has 0 aromatic carbocycles. The van der Waals surface area contributed by atoms with Gasteiger partial charge in [0, 0.05) is 50.3 Å².